The van der Waals surface area contributed by atoms with E-state index in [0.29, 0.717) is 0 Å². The third-order valence-electron chi connectivity index (χ3n) is 2.41. The molecule has 0 aromatic heterocycles. The highest BCUT2D eigenvalue weighted by molar-refractivity contribution is 5.53. The van der Waals surface area contributed by atoms with Gasteiger partial charge in [0.05, 0.1) is 20.6 Å². The molecule has 0 aliphatic rings. The Morgan fingerprint density at radius 3 is 2.06 bits per heavy atom. The second kappa shape index (κ2) is 6.85. The number of methoxy groups -OCH3 is 1. The third-order valence-corrected chi connectivity index (χ3v) is 2.41. The average Bonchev–Trinajstić information content (AvgIpc) is 2.31. The molecule has 0 atom stereocenters. The van der Waals surface area contributed by atoms with E-state index in [-0.39, 0.29) is 0 Å². The first-order valence-electron chi connectivity index (χ1n) is 5.07. The standard InChI is InChI=1S/C10H16N.C2H4O3/c1-4-11(2,3)10-8-6-5-7-9-10;1-5-2(3)4/h5-9H,4H2,1-3H3;1H3,(H,3,4)/q+1;/p-1. The van der Waals surface area contributed by atoms with Crippen LogP contribution in [0.25, 0.3) is 0 Å². The Balaban J connectivity index is 0.000000385. The summed E-state index contributed by atoms with van der Waals surface area (Å²) < 4.78 is 4.51. The van der Waals surface area contributed by atoms with Crippen LogP contribution in [0.5, 0.6) is 0 Å². The van der Waals surface area contributed by atoms with Gasteiger partial charge in [0.15, 0.2) is 0 Å². The van der Waals surface area contributed by atoms with Crippen molar-refractivity contribution in [2.75, 3.05) is 27.7 Å². The number of carbonyl (C=O) groups is 1. The van der Waals surface area contributed by atoms with Gasteiger partial charge in [-0.25, -0.2) is 0 Å². The van der Waals surface area contributed by atoms with Crippen LogP contribution in [0.4, 0.5) is 10.5 Å². The monoisotopic (exact) mass is 225 g/mol. The van der Waals surface area contributed by atoms with Crippen LogP contribution in [-0.2, 0) is 4.74 Å². The van der Waals surface area contributed by atoms with Gasteiger partial charge in [-0.15, -0.1) is 0 Å². The molecule has 0 radical (unpaired) electrons. The maximum Gasteiger partial charge on any atom is 0.251 e. The van der Waals surface area contributed by atoms with E-state index in [9.17, 15) is 0 Å². The van der Waals surface area contributed by atoms with Crippen molar-refractivity contribution in [3.8, 4) is 0 Å². The summed E-state index contributed by atoms with van der Waals surface area (Å²) in [5.74, 6) is 0. The topological polar surface area (TPSA) is 49.4 Å². The fraction of sp³-hybridized carbons (Fsp3) is 0.417. The second-order valence-electron chi connectivity index (χ2n) is 3.79. The maximum absolute atomic E-state index is 9.03. The number of nitrogens with zero attached hydrogens (tertiary/aromatic N) is 1. The van der Waals surface area contributed by atoms with Crippen LogP contribution in [0.15, 0.2) is 30.3 Å². The zero-order valence-electron chi connectivity index (χ0n) is 10.3. The largest absolute Gasteiger partial charge is 0.553 e. The van der Waals surface area contributed by atoms with E-state index < -0.39 is 6.16 Å². The summed E-state index contributed by atoms with van der Waals surface area (Å²) in [6.07, 6.45) is -1.50. The van der Waals surface area contributed by atoms with E-state index in [1.54, 1.807) is 0 Å². The third kappa shape index (κ3) is 5.36. The second-order valence-corrected chi connectivity index (χ2v) is 3.79. The summed E-state index contributed by atoms with van der Waals surface area (Å²) in [6.45, 7) is 3.33. The molecule has 16 heavy (non-hydrogen) atoms. The molecule has 0 fully saturated rings. The highest BCUT2D eigenvalue weighted by Gasteiger charge is 2.13. The van der Waals surface area contributed by atoms with Crippen molar-refractivity contribution in [3.05, 3.63) is 30.3 Å². The van der Waals surface area contributed by atoms with Crippen molar-refractivity contribution in [2.45, 2.75) is 6.92 Å². The van der Waals surface area contributed by atoms with Crippen molar-refractivity contribution in [2.24, 2.45) is 0 Å². The van der Waals surface area contributed by atoms with Crippen LogP contribution in [0.2, 0.25) is 0 Å². The first-order valence-corrected chi connectivity index (χ1v) is 5.07. The molecule has 0 spiro atoms. The minimum atomic E-state index is -1.50. The lowest BCUT2D eigenvalue weighted by Gasteiger charge is -2.27. The number of hydrogen-bond donors (Lipinski definition) is 0. The van der Waals surface area contributed by atoms with Crippen molar-refractivity contribution in [3.63, 3.8) is 0 Å². The van der Waals surface area contributed by atoms with Gasteiger partial charge in [0.1, 0.15) is 5.69 Å². The SMILES string of the molecule is CC[N+](C)(C)c1ccccc1.COC(=O)[O-]. The summed E-state index contributed by atoms with van der Waals surface area (Å²) in [5, 5.41) is 9.03. The lowest BCUT2D eigenvalue weighted by Crippen LogP contribution is -2.39. The van der Waals surface area contributed by atoms with Crippen LogP contribution in [-0.4, -0.2) is 33.9 Å². The Morgan fingerprint density at radius 1 is 1.31 bits per heavy atom. The van der Waals surface area contributed by atoms with Gasteiger partial charge in [-0.1, -0.05) is 18.2 Å². The predicted octanol–water partition coefficient (Wildman–Crippen LogP) is 1.25. The van der Waals surface area contributed by atoms with Gasteiger partial charge in [0.25, 0.3) is 6.16 Å². The van der Waals surface area contributed by atoms with E-state index in [4.69, 9.17) is 9.90 Å². The Labute approximate surface area is 96.7 Å². The summed E-state index contributed by atoms with van der Waals surface area (Å²) in [7, 11) is 5.47. The van der Waals surface area contributed by atoms with Crippen LogP contribution in [0, 0.1) is 0 Å². The molecule has 4 nitrogen and oxygen atoms in total. The van der Waals surface area contributed by atoms with Gasteiger partial charge in [-0.3, -0.25) is 4.48 Å². The van der Waals surface area contributed by atoms with Crippen LogP contribution < -0.4 is 9.59 Å². The molecule has 1 aromatic rings. The van der Waals surface area contributed by atoms with E-state index in [0.717, 1.165) is 18.1 Å². The smallest absolute Gasteiger partial charge is 0.251 e. The Morgan fingerprint density at radius 2 is 1.75 bits per heavy atom. The zero-order valence-corrected chi connectivity index (χ0v) is 10.3. The minimum Gasteiger partial charge on any atom is -0.553 e. The highest BCUT2D eigenvalue weighted by atomic mass is 16.6. The Kier molecular flexibility index (Phi) is 6.18. The highest BCUT2D eigenvalue weighted by Crippen LogP contribution is 2.16. The summed E-state index contributed by atoms with van der Waals surface area (Å²) >= 11 is 0. The van der Waals surface area contributed by atoms with Gasteiger partial charge in [-0.05, 0) is 19.1 Å². The number of benzene rings is 1. The molecule has 90 valence electrons. The Hall–Kier alpha value is -1.55. The molecule has 0 saturated carbocycles. The fourth-order valence-electron chi connectivity index (χ4n) is 1.01. The van der Waals surface area contributed by atoms with E-state index >= 15 is 0 Å². The minimum absolute atomic E-state index is 0.959. The number of para-hydroxylation sites is 1. The van der Waals surface area contributed by atoms with Gasteiger partial charge in [0.2, 0.25) is 0 Å². The molecule has 0 bridgehead atoms. The normalized spacial score (nSPS) is 10.0. The number of rotatable bonds is 2. The molecular weight excluding hydrogens is 206 g/mol. The lowest BCUT2D eigenvalue weighted by atomic mass is 10.2. The molecule has 0 aliphatic carbocycles. The number of hydrogen-bond acceptors (Lipinski definition) is 3. The number of carbonyl (C=O) groups excluding carboxylic acids is 1. The van der Waals surface area contributed by atoms with E-state index in [2.05, 4.69) is 56.1 Å². The maximum atomic E-state index is 9.03. The van der Waals surface area contributed by atoms with Crippen molar-refractivity contribution >= 4 is 11.8 Å². The number of ether oxygens (including phenoxy) is 1. The summed E-state index contributed by atoms with van der Waals surface area (Å²) in [6, 6.07) is 10.6. The fourth-order valence-corrected chi connectivity index (χ4v) is 1.01. The molecule has 0 amide bonds. The van der Waals surface area contributed by atoms with Crippen molar-refractivity contribution < 1.29 is 14.6 Å². The molecule has 0 heterocycles. The first kappa shape index (κ1) is 14.5. The number of quaternary nitrogens is 1. The average molecular weight is 225 g/mol. The summed E-state index contributed by atoms with van der Waals surface area (Å²) in [5.41, 5.74) is 1.37. The molecule has 0 unspecified atom stereocenters. The quantitative estimate of drug-likeness (QED) is 0.562. The first-order chi connectivity index (χ1) is 7.44. The van der Waals surface area contributed by atoms with Gasteiger partial charge < -0.3 is 14.6 Å². The van der Waals surface area contributed by atoms with Crippen LogP contribution in [0.3, 0.4) is 0 Å². The Bertz CT molecular complexity index is 309. The molecule has 4 heteroatoms. The van der Waals surface area contributed by atoms with E-state index in [1.807, 2.05) is 0 Å². The molecule has 0 N–H and O–H groups in total. The predicted molar refractivity (Wildman–Crippen MR) is 63.0 cm³/mol. The molecule has 0 aliphatic heterocycles. The molecule has 1 rings (SSSR count). The van der Waals surface area contributed by atoms with Gasteiger partial charge in [-0.2, -0.15) is 0 Å². The molecule has 1 aromatic carbocycles. The molecular formula is C12H19NO3. The zero-order chi connectivity index (χ0) is 12.6. The summed E-state index contributed by atoms with van der Waals surface area (Å²) in [4.78, 5) is 9.03. The van der Waals surface area contributed by atoms with Gasteiger partial charge in [0, 0.05) is 7.11 Å². The van der Waals surface area contributed by atoms with Crippen LogP contribution in [0.1, 0.15) is 6.92 Å². The van der Waals surface area contributed by atoms with E-state index in [1.165, 1.54) is 5.69 Å². The van der Waals surface area contributed by atoms with Gasteiger partial charge >= 0.3 is 0 Å². The molecule has 0 saturated heterocycles. The van der Waals surface area contributed by atoms with Crippen molar-refractivity contribution in [1.82, 2.24) is 4.48 Å². The lowest BCUT2D eigenvalue weighted by molar-refractivity contribution is -0.279. The van der Waals surface area contributed by atoms with Crippen LogP contribution >= 0.6 is 0 Å². The van der Waals surface area contributed by atoms with Crippen molar-refractivity contribution in [1.29, 1.82) is 0 Å². The number of carboxylic acid groups (broad SMARTS) is 1.